The zero-order valence-corrected chi connectivity index (χ0v) is 19.8. The molecule has 3 fully saturated rings. The SMILES string of the molecule is C[C@@H]([C@@H]1CCB(O)OC1)N1CCN(C(=O)c2nn3c(C(F)(F)F)cc(C4CC4)cc3c2Cl)CC1=O. The van der Waals surface area contributed by atoms with E-state index in [1.165, 1.54) is 4.90 Å². The fourth-order valence-electron chi connectivity index (χ4n) is 4.96. The van der Waals surface area contributed by atoms with Gasteiger partial charge in [0.2, 0.25) is 5.91 Å². The molecule has 3 aliphatic rings. The molecule has 1 N–H and O–H groups in total. The lowest BCUT2D eigenvalue weighted by Gasteiger charge is -2.41. The normalized spacial score (nSPS) is 22.7. The number of nitrogens with zero attached hydrogens (tertiary/aromatic N) is 4. The highest BCUT2D eigenvalue weighted by atomic mass is 35.5. The number of pyridine rings is 1. The van der Waals surface area contributed by atoms with Crippen molar-refractivity contribution >= 4 is 36.1 Å². The summed E-state index contributed by atoms with van der Waals surface area (Å²) in [5.74, 6) is -0.824. The van der Waals surface area contributed by atoms with E-state index >= 15 is 0 Å². The van der Waals surface area contributed by atoms with Crippen molar-refractivity contribution in [3.8, 4) is 0 Å². The number of halogens is 4. The van der Waals surface area contributed by atoms with E-state index in [1.54, 1.807) is 11.0 Å². The van der Waals surface area contributed by atoms with Gasteiger partial charge in [0.1, 0.15) is 12.2 Å². The summed E-state index contributed by atoms with van der Waals surface area (Å²) in [4.78, 5) is 29.1. The highest BCUT2D eigenvalue weighted by molar-refractivity contribution is 6.42. The Balaban J connectivity index is 1.36. The maximum atomic E-state index is 13.8. The van der Waals surface area contributed by atoms with Crippen molar-refractivity contribution in [3.05, 3.63) is 34.1 Å². The summed E-state index contributed by atoms with van der Waals surface area (Å²) in [7, 11) is -0.781. The number of carbonyl (C=O) groups is 2. The Morgan fingerprint density at radius 1 is 1.29 bits per heavy atom. The van der Waals surface area contributed by atoms with Gasteiger partial charge in [-0.1, -0.05) is 11.6 Å². The Morgan fingerprint density at radius 2 is 2.03 bits per heavy atom. The van der Waals surface area contributed by atoms with Crippen molar-refractivity contribution in [2.24, 2.45) is 5.92 Å². The van der Waals surface area contributed by atoms with Crippen molar-refractivity contribution in [1.82, 2.24) is 19.4 Å². The Hall–Kier alpha value is -2.31. The first-order chi connectivity index (χ1) is 16.5. The molecular formula is C22H25BClF3N4O4. The van der Waals surface area contributed by atoms with Gasteiger partial charge in [-0.25, -0.2) is 4.52 Å². The summed E-state index contributed by atoms with van der Waals surface area (Å²) in [6, 6.07) is 2.49. The van der Waals surface area contributed by atoms with Gasteiger partial charge < -0.3 is 19.5 Å². The molecule has 13 heteroatoms. The van der Waals surface area contributed by atoms with Crippen LogP contribution in [0.2, 0.25) is 11.3 Å². The number of rotatable bonds is 4. The van der Waals surface area contributed by atoms with Crippen LogP contribution in [0.15, 0.2) is 12.1 Å². The minimum Gasteiger partial charge on any atom is -0.427 e. The number of fused-ring (bicyclic) bond motifs is 1. The molecule has 8 nitrogen and oxygen atoms in total. The third-order valence-electron chi connectivity index (χ3n) is 7.24. The van der Waals surface area contributed by atoms with Gasteiger partial charge in [0.05, 0.1) is 10.5 Å². The molecule has 188 valence electrons. The number of hydrogen-bond donors (Lipinski definition) is 1. The summed E-state index contributed by atoms with van der Waals surface area (Å²) in [6.07, 6.45) is -1.84. The molecule has 0 aromatic carbocycles. The average molecular weight is 513 g/mol. The topological polar surface area (TPSA) is 87.4 Å². The van der Waals surface area contributed by atoms with Gasteiger partial charge in [-0.2, -0.15) is 18.3 Å². The van der Waals surface area contributed by atoms with E-state index in [1.807, 2.05) is 6.92 Å². The van der Waals surface area contributed by atoms with Gasteiger partial charge in [-0.05, 0) is 56.1 Å². The van der Waals surface area contributed by atoms with E-state index in [0.29, 0.717) is 23.0 Å². The summed E-state index contributed by atoms with van der Waals surface area (Å²) in [5.41, 5.74) is -0.714. The monoisotopic (exact) mass is 512 g/mol. The summed E-state index contributed by atoms with van der Waals surface area (Å²) < 4.78 is 47.2. The highest BCUT2D eigenvalue weighted by Crippen LogP contribution is 2.43. The quantitative estimate of drug-likeness (QED) is 0.636. The first-order valence-corrected chi connectivity index (χ1v) is 12.1. The van der Waals surface area contributed by atoms with E-state index in [4.69, 9.17) is 16.3 Å². The molecule has 2 aromatic heterocycles. The van der Waals surface area contributed by atoms with Crippen molar-refractivity contribution in [2.45, 2.75) is 50.6 Å². The van der Waals surface area contributed by atoms with E-state index in [-0.39, 0.29) is 59.7 Å². The van der Waals surface area contributed by atoms with Gasteiger partial charge in [0.15, 0.2) is 5.69 Å². The van der Waals surface area contributed by atoms with Crippen LogP contribution >= 0.6 is 11.6 Å². The molecule has 1 saturated carbocycles. The van der Waals surface area contributed by atoms with Gasteiger partial charge in [-0.15, -0.1) is 0 Å². The Bertz CT molecular complexity index is 1160. The molecule has 5 rings (SSSR count). The van der Waals surface area contributed by atoms with Crippen LogP contribution in [0.4, 0.5) is 13.2 Å². The summed E-state index contributed by atoms with van der Waals surface area (Å²) in [6.45, 7) is 2.51. The zero-order valence-electron chi connectivity index (χ0n) is 19.1. The van der Waals surface area contributed by atoms with Crippen molar-refractivity contribution in [3.63, 3.8) is 0 Å². The van der Waals surface area contributed by atoms with Crippen LogP contribution in [0.5, 0.6) is 0 Å². The third kappa shape index (κ3) is 4.63. The maximum absolute atomic E-state index is 13.8. The number of carbonyl (C=O) groups excluding carboxylic acids is 2. The Morgan fingerprint density at radius 3 is 2.63 bits per heavy atom. The molecule has 2 aliphatic heterocycles. The fraction of sp³-hybridized carbons (Fsp3) is 0.591. The summed E-state index contributed by atoms with van der Waals surface area (Å²) >= 11 is 6.39. The summed E-state index contributed by atoms with van der Waals surface area (Å²) in [5, 5.41) is 13.3. The molecule has 0 bridgehead atoms. The number of piperazine rings is 1. The van der Waals surface area contributed by atoms with E-state index in [0.717, 1.165) is 25.3 Å². The molecule has 2 aromatic rings. The van der Waals surface area contributed by atoms with E-state index < -0.39 is 24.9 Å². The smallest absolute Gasteiger partial charge is 0.427 e. The van der Waals surface area contributed by atoms with Gasteiger partial charge in [-0.3, -0.25) is 9.59 Å². The molecule has 35 heavy (non-hydrogen) atoms. The second-order valence-corrected chi connectivity index (χ2v) is 9.96. The van der Waals surface area contributed by atoms with Gasteiger partial charge >= 0.3 is 13.3 Å². The molecule has 0 radical (unpaired) electrons. The van der Waals surface area contributed by atoms with E-state index in [9.17, 15) is 27.8 Å². The van der Waals surface area contributed by atoms with Gasteiger partial charge in [0, 0.05) is 31.7 Å². The second kappa shape index (κ2) is 8.97. The molecule has 4 heterocycles. The molecule has 2 atom stereocenters. The largest absolute Gasteiger partial charge is 0.454 e. The number of amides is 2. The molecule has 2 saturated heterocycles. The molecular weight excluding hydrogens is 488 g/mol. The molecule has 1 aliphatic carbocycles. The predicted octanol–water partition coefficient (Wildman–Crippen LogP) is 3.07. The lowest BCUT2D eigenvalue weighted by atomic mass is 9.75. The maximum Gasteiger partial charge on any atom is 0.454 e. The average Bonchev–Trinajstić information content (AvgIpc) is 3.61. The van der Waals surface area contributed by atoms with Crippen LogP contribution in [0, 0.1) is 5.92 Å². The van der Waals surface area contributed by atoms with Crippen molar-refractivity contribution in [2.75, 3.05) is 26.2 Å². The number of alkyl halides is 3. The van der Waals surface area contributed by atoms with Crippen molar-refractivity contribution < 1.29 is 32.4 Å². The third-order valence-corrected chi connectivity index (χ3v) is 7.62. The van der Waals surface area contributed by atoms with Crippen LogP contribution in [0.1, 0.15) is 53.8 Å². The van der Waals surface area contributed by atoms with E-state index in [2.05, 4.69) is 5.10 Å². The molecule has 0 spiro atoms. The lowest BCUT2D eigenvalue weighted by Crippen LogP contribution is -2.57. The minimum atomic E-state index is -4.67. The van der Waals surface area contributed by atoms with Crippen LogP contribution in [-0.2, 0) is 15.6 Å². The zero-order chi connectivity index (χ0) is 25.1. The first kappa shape index (κ1) is 24.4. The van der Waals surface area contributed by atoms with Crippen LogP contribution < -0.4 is 0 Å². The predicted molar refractivity (Wildman–Crippen MR) is 121 cm³/mol. The fourth-order valence-corrected chi connectivity index (χ4v) is 5.22. The van der Waals surface area contributed by atoms with Crippen LogP contribution in [-0.4, -0.2) is 75.7 Å². The molecule has 0 unspecified atom stereocenters. The lowest BCUT2D eigenvalue weighted by molar-refractivity contribution is -0.142. The second-order valence-electron chi connectivity index (χ2n) is 9.59. The Kier molecular flexibility index (Phi) is 6.25. The highest BCUT2D eigenvalue weighted by Gasteiger charge is 2.40. The molecule has 2 amide bonds. The minimum absolute atomic E-state index is 0.0322. The number of hydrogen-bond acceptors (Lipinski definition) is 5. The van der Waals surface area contributed by atoms with Crippen LogP contribution in [0.25, 0.3) is 5.52 Å². The first-order valence-electron chi connectivity index (χ1n) is 11.7. The standard InChI is InChI=1S/C22H25BClF3N4O4/c1-12(14-4-5-23(34)35-11-14)30-7-6-29(10-18(30)32)21(33)20-19(24)16-8-15(13-2-3-13)9-17(22(25,26)27)31(16)28-20/h8-9,12-14,34H,2-7,10-11H2,1H3/t12-,14+/m0/s1. The van der Waals surface area contributed by atoms with Gasteiger partial charge in [0.25, 0.3) is 5.91 Å². The number of aromatic nitrogens is 2. The van der Waals surface area contributed by atoms with Crippen molar-refractivity contribution in [1.29, 1.82) is 0 Å². The van der Waals surface area contributed by atoms with Crippen LogP contribution in [0.3, 0.4) is 0 Å². The Labute approximate surface area is 205 Å².